The zero-order valence-electron chi connectivity index (χ0n) is 7.73. The van der Waals surface area contributed by atoms with Crippen LogP contribution in [-0.4, -0.2) is 30.1 Å². The first-order valence-electron chi connectivity index (χ1n) is 4.65. The smallest absolute Gasteiger partial charge is 0.307 e. The summed E-state index contributed by atoms with van der Waals surface area (Å²) < 4.78 is 10.2. The first kappa shape index (κ1) is 9.21. The zero-order valence-corrected chi connectivity index (χ0v) is 7.73. The average Bonchev–Trinajstić information content (AvgIpc) is 2.87. The van der Waals surface area contributed by atoms with Gasteiger partial charge in [-0.2, -0.15) is 0 Å². The third-order valence-corrected chi connectivity index (χ3v) is 2.14. The third kappa shape index (κ3) is 2.11. The Bertz CT molecular complexity index is 291. The summed E-state index contributed by atoms with van der Waals surface area (Å²) in [6.45, 7) is 1.32. The summed E-state index contributed by atoms with van der Waals surface area (Å²) in [6, 6.07) is 0. The largest absolute Gasteiger partial charge is 0.441 e. The van der Waals surface area contributed by atoms with Crippen molar-refractivity contribution in [3.05, 3.63) is 18.4 Å². The van der Waals surface area contributed by atoms with Crippen molar-refractivity contribution < 1.29 is 13.9 Å². The first-order chi connectivity index (χ1) is 6.86. The number of rotatable bonds is 3. The minimum Gasteiger partial charge on any atom is -0.441 e. The molecule has 5 nitrogen and oxygen atoms in total. The van der Waals surface area contributed by atoms with Crippen molar-refractivity contribution in [3.8, 4) is 0 Å². The number of hydrogen-bond donors (Lipinski definition) is 1. The lowest BCUT2D eigenvalue weighted by Crippen LogP contribution is -2.31. The van der Waals surface area contributed by atoms with Gasteiger partial charge in [-0.15, -0.1) is 0 Å². The molecule has 0 saturated carbocycles. The van der Waals surface area contributed by atoms with E-state index >= 15 is 0 Å². The molecule has 5 heteroatoms. The molecule has 1 amide bonds. The topological polar surface area (TPSA) is 64.4 Å². The van der Waals surface area contributed by atoms with Crippen LogP contribution >= 0.6 is 0 Å². The second kappa shape index (κ2) is 4.23. The molecule has 1 atom stereocenters. The van der Waals surface area contributed by atoms with Gasteiger partial charge in [0.1, 0.15) is 6.26 Å². The van der Waals surface area contributed by atoms with Crippen molar-refractivity contribution in [1.29, 1.82) is 0 Å². The predicted molar refractivity (Wildman–Crippen MR) is 47.8 cm³/mol. The number of carbonyl (C=O) groups is 1. The van der Waals surface area contributed by atoms with Crippen molar-refractivity contribution in [2.45, 2.75) is 18.9 Å². The molecule has 1 N–H and O–H groups in total. The molecule has 76 valence electrons. The van der Waals surface area contributed by atoms with E-state index in [-0.39, 0.29) is 17.9 Å². The summed E-state index contributed by atoms with van der Waals surface area (Å²) in [6.07, 6.45) is 5.04. The monoisotopic (exact) mass is 196 g/mol. The molecule has 2 heterocycles. The Hall–Kier alpha value is -1.36. The Morgan fingerprint density at radius 1 is 1.71 bits per heavy atom. The van der Waals surface area contributed by atoms with Gasteiger partial charge in [-0.1, -0.05) is 0 Å². The Morgan fingerprint density at radius 2 is 2.64 bits per heavy atom. The summed E-state index contributed by atoms with van der Waals surface area (Å²) in [4.78, 5) is 15.1. The molecular formula is C9H12N2O3. The number of nitrogens with one attached hydrogen (secondary N) is 1. The summed E-state index contributed by atoms with van der Waals surface area (Å²) in [5, 5.41) is 2.71. The molecule has 0 aromatic carbocycles. The van der Waals surface area contributed by atoms with E-state index < -0.39 is 0 Å². The van der Waals surface area contributed by atoms with Gasteiger partial charge in [0.25, 0.3) is 5.89 Å². The van der Waals surface area contributed by atoms with Crippen LogP contribution in [0.25, 0.3) is 0 Å². The van der Waals surface area contributed by atoms with E-state index in [0.29, 0.717) is 6.54 Å². The fraction of sp³-hybridized carbons (Fsp3) is 0.556. The Balaban J connectivity index is 1.78. The van der Waals surface area contributed by atoms with E-state index in [1.54, 1.807) is 0 Å². The van der Waals surface area contributed by atoms with Gasteiger partial charge in [-0.25, -0.2) is 4.98 Å². The summed E-state index contributed by atoms with van der Waals surface area (Å²) in [7, 11) is 0. The van der Waals surface area contributed by atoms with E-state index in [1.807, 2.05) is 0 Å². The average molecular weight is 196 g/mol. The number of oxazole rings is 1. The summed E-state index contributed by atoms with van der Waals surface area (Å²) >= 11 is 0. The molecule has 0 radical (unpaired) electrons. The summed E-state index contributed by atoms with van der Waals surface area (Å²) in [5.41, 5.74) is 0. The quantitative estimate of drug-likeness (QED) is 0.768. The predicted octanol–water partition coefficient (Wildman–Crippen LogP) is 0.583. The maximum Gasteiger partial charge on any atom is 0.307 e. The van der Waals surface area contributed by atoms with Crippen molar-refractivity contribution in [2.24, 2.45) is 0 Å². The molecule has 2 rings (SSSR count). The molecule has 1 aromatic heterocycles. The number of nitrogens with zero attached hydrogens (tertiary/aromatic N) is 1. The second-order valence-electron chi connectivity index (χ2n) is 3.18. The van der Waals surface area contributed by atoms with E-state index in [2.05, 4.69) is 10.3 Å². The molecule has 1 unspecified atom stereocenters. The van der Waals surface area contributed by atoms with Gasteiger partial charge in [0.05, 0.1) is 12.3 Å². The second-order valence-corrected chi connectivity index (χ2v) is 3.18. The maximum absolute atomic E-state index is 11.3. The normalized spacial score (nSPS) is 21.0. The highest BCUT2D eigenvalue weighted by Gasteiger charge is 2.17. The van der Waals surface area contributed by atoms with Crippen molar-refractivity contribution in [1.82, 2.24) is 10.3 Å². The molecule has 0 spiro atoms. The number of amides is 1. The minimum absolute atomic E-state index is 0.1000. The molecule has 1 fully saturated rings. The molecule has 14 heavy (non-hydrogen) atoms. The molecule has 0 aliphatic carbocycles. The lowest BCUT2D eigenvalue weighted by Gasteiger charge is -2.08. The molecule has 1 aliphatic heterocycles. The van der Waals surface area contributed by atoms with Crippen molar-refractivity contribution >= 4 is 5.91 Å². The zero-order chi connectivity index (χ0) is 9.80. The SMILES string of the molecule is O=C(NCC1CCCO1)c1ncco1. The third-order valence-electron chi connectivity index (χ3n) is 2.14. The molecular weight excluding hydrogens is 184 g/mol. The Kier molecular flexibility index (Phi) is 2.78. The number of carbonyl (C=O) groups excluding carboxylic acids is 1. The van der Waals surface area contributed by atoms with Gasteiger partial charge >= 0.3 is 5.91 Å². The van der Waals surface area contributed by atoms with Crippen LogP contribution in [0.2, 0.25) is 0 Å². The van der Waals surface area contributed by atoms with Crippen LogP contribution in [0.3, 0.4) is 0 Å². The maximum atomic E-state index is 11.3. The highest BCUT2D eigenvalue weighted by atomic mass is 16.5. The van der Waals surface area contributed by atoms with Crippen LogP contribution in [-0.2, 0) is 4.74 Å². The Labute approximate surface area is 81.5 Å². The van der Waals surface area contributed by atoms with Gasteiger partial charge in [-0.3, -0.25) is 4.79 Å². The molecule has 0 bridgehead atoms. The lowest BCUT2D eigenvalue weighted by molar-refractivity contribution is 0.0829. The lowest BCUT2D eigenvalue weighted by atomic mass is 10.2. The summed E-state index contributed by atoms with van der Waals surface area (Å²) in [5.74, 6) is -0.187. The minimum atomic E-state index is -0.287. The van der Waals surface area contributed by atoms with Crippen LogP contribution in [0.4, 0.5) is 0 Å². The molecule has 1 aromatic rings. The van der Waals surface area contributed by atoms with Crippen LogP contribution in [0.15, 0.2) is 16.9 Å². The fourth-order valence-electron chi connectivity index (χ4n) is 1.42. The highest BCUT2D eigenvalue weighted by Crippen LogP contribution is 2.10. The standard InChI is InChI=1S/C9H12N2O3/c12-8(9-10-3-5-14-9)11-6-7-2-1-4-13-7/h3,5,7H,1-2,4,6H2,(H,11,12). The van der Waals surface area contributed by atoms with Gasteiger partial charge in [0.15, 0.2) is 0 Å². The van der Waals surface area contributed by atoms with Gasteiger partial charge in [0, 0.05) is 13.2 Å². The van der Waals surface area contributed by atoms with Gasteiger partial charge < -0.3 is 14.5 Å². The highest BCUT2D eigenvalue weighted by molar-refractivity contribution is 5.89. The number of ether oxygens (including phenoxy) is 1. The fourth-order valence-corrected chi connectivity index (χ4v) is 1.42. The van der Waals surface area contributed by atoms with E-state index in [4.69, 9.17) is 9.15 Å². The van der Waals surface area contributed by atoms with Gasteiger partial charge in [-0.05, 0) is 12.8 Å². The number of hydrogen-bond acceptors (Lipinski definition) is 4. The van der Waals surface area contributed by atoms with Crippen LogP contribution < -0.4 is 5.32 Å². The molecule has 1 saturated heterocycles. The van der Waals surface area contributed by atoms with E-state index in [1.165, 1.54) is 12.5 Å². The van der Waals surface area contributed by atoms with E-state index in [0.717, 1.165) is 19.4 Å². The molecule has 1 aliphatic rings. The van der Waals surface area contributed by atoms with E-state index in [9.17, 15) is 4.79 Å². The van der Waals surface area contributed by atoms with Gasteiger partial charge in [0.2, 0.25) is 0 Å². The van der Waals surface area contributed by atoms with Crippen LogP contribution in [0, 0.1) is 0 Å². The Morgan fingerprint density at radius 3 is 3.29 bits per heavy atom. The number of aromatic nitrogens is 1. The van der Waals surface area contributed by atoms with Crippen molar-refractivity contribution in [2.75, 3.05) is 13.2 Å². The van der Waals surface area contributed by atoms with Crippen LogP contribution in [0.1, 0.15) is 23.5 Å². The van der Waals surface area contributed by atoms with Crippen molar-refractivity contribution in [3.63, 3.8) is 0 Å². The van der Waals surface area contributed by atoms with Crippen LogP contribution in [0.5, 0.6) is 0 Å². The first-order valence-corrected chi connectivity index (χ1v) is 4.65.